The van der Waals surface area contributed by atoms with Crippen LogP contribution in [0.4, 0.5) is 0 Å². The zero-order valence-electron chi connectivity index (χ0n) is 42.2. The van der Waals surface area contributed by atoms with Crippen LogP contribution in [0.3, 0.4) is 0 Å². The summed E-state index contributed by atoms with van der Waals surface area (Å²) in [6.07, 6.45) is 1.10. The fourth-order valence-corrected chi connectivity index (χ4v) is 9.34. The largest absolute Gasteiger partial charge is 0.458 e. The summed E-state index contributed by atoms with van der Waals surface area (Å²) in [5, 5.41) is 124. The Hall–Kier alpha value is -2.52. The molecule has 2 bridgehead atoms. The van der Waals surface area contributed by atoms with Crippen molar-refractivity contribution in [2.45, 2.75) is 217 Å². The van der Waals surface area contributed by atoms with E-state index in [9.17, 15) is 61.0 Å². The lowest BCUT2D eigenvalue weighted by Crippen LogP contribution is -2.59. The van der Waals surface area contributed by atoms with Gasteiger partial charge in [-0.15, -0.1) is 0 Å². The topological polar surface area (TPSA) is 308 Å². The first-order valence-electron chi connectivity index (χ1n) is 25.3. The lowest BCUT2D eigenvalue weighted by molar-refractivity contribution is -0.333. The van der Waals surface area contributed by atoms with Crippen LogP contribution in [0.1, 0.15) is 138 Å². The highest BCUT2D eigenvalue weighted by molar-refractivity contribution is 5.82. The van der Waals surface area contributed by atoms with Crippen molar-refractivity contribution in [3.8, 4) is 0 Å². The minimum Gasteiger partial charge on any atom is -0.458 e. The Bertz CT molecular complexity index is 1540. The number of esters is 1. The minimum atomic E-state index is -2.38. The van der Waals surface area contributed by atoms with E-state index in [0.717, 1.165) is 45.1 Å². The third kappa shape index (κ3) is 21.9. The maximum atomic E-state index is 13.4. The van der Waals surface area contributed by atoms with E-state index in [2.05, 4.69) is 29.4 Å². The van der Waals surface area contributed by atoms with Crippen molar-refractivity contribution in [1.82, 2.24) is 5.32 Å². The number of carbonyl (C=O) groups excluding carboxylic acids is 1. The molecule has 0 amide bonds. The van der Waals surface area contributed by atoms with E-state index in [-0.39, 0.29) is 56.8 Å². The Balaban J connectivity index is 2.28. The van der Waals surface area contributed by atoms with Crippen molar-refractivity contribution in [3.63, 3.8) is 0 Å². The molecule has 0 aromatic carbocycles. The number of cyclic esters (lactones) is 1. The molecule has 68 heavy (non-hydrogen) atoms. The number of hydrogen-bond donors (Lipinski definition) is 13. The molecule has 2 aliphatic rings. The SMILES string of the molecule is CN=C(N)NCCCC=CCCCC(C)CC(C)C1OC(=O)C=CC(C)C(O)CC(O)C(C)C(O)CCC(C)C(O)CC2(O)OC(CC(O)CC(O)CC(O)C(C)C(O)C=CC1C)CC(O)C2O. The van der Waals surface area contributed by atoms with Gasteiger partial charge in [-0.1, -0.05) is 85.3 Å². The Labute approximate surface area is 406 Å². The van der Waals surface area contributed by atoms with Crippen LogP contribution >= 0.6 is 0 Å². The fourth-order valence-electron chi connectivity index (χ4n) is 9.34. The lowest BCUT2D eigenvalue weighted by atomic mass is 9.83. The number of aliphatic hydroxyl groups is 11. The second kappa shape index (κ2) is 31.0. The highest BCUT2D eigenvalue weighted by atomic mass is 16.7. The standard InChI is InChI=1S/C51H93N3O14/c1-30(15-13-11-9-10-12-14-22-54-50(52)53-8)23-34(5)48-33(4)17-20-41(58)35(6)43(60)26-38(56)24-37(55)25-39-27-45(62)49(65)51(66,68-39)29-46(63)32(3)16-19-40(57)36(7)44(61)28-42(59)31(2)18-21-47(64)67-48/h9-10,17-18,20-21,30-46,48-49,55-63,65-66H,11-16,19,22-29H2,1-8H3,(H3,52,53,54). The number of nitrogens with two attached hydrogens (primary N) is 1. The number of guanidine groups is 1. The molecule has 20 atom stereocenters. The van der Waals surface area contributed by atoms with Gasteiger partial charge in [-0.25, -0.2) is 4.79 Å². The lowest BCUT2D eigenvalue weighted by Gasteiger charge is -2.45. The molecule has 0 spiro atoms. The fraction of sp³-hybridized carbons (Fsp3) is 0.843. The van der Waals surface area contributed by atoms with Crippen LogP contribution in [-0.4, -0.2) is 161 Å². The minimum absolute atomic E-state index is 0.0944. The predicted molar refractivity (Wildman–Crippen MR) is 262 cm³/mol. The van der Waals surface area contributed by atoms with Gasteiger partial charge in [-0.05, 0) is 82.0 Å². The average Bonchev–Trinajstić information content (AvgIpc) is 3.27. The molecule has 2 rings (SSSR count). The molecule has 1 fully saturated rings. The first-order valence-corrected chi connectivity index (χ1v) is 25.3. The number of carbonyl (C=O) groups is 1. The van der Waals surface area contributed by atoms with Crippen LogP contribution in [-0.2, 0) is 14.3 Å². The van der Waals surface area contributed by atoms with E-state index in [1.165, 1.54) is 12.2 Å². The molecule has 0 radical (unpaired) electrons. The summed E-state index contributed by atoms with van der Waals surface area (Å²) in [6.45, 7) is 13.5. The summed E-state index contributed by atoms with van der Waals surface area (Å²) < 4.78 is 11.9. The Morgan fingerprint density at radius 1 is 0.765 bits per heavy atom. The zero-order chi connectivity index (χ0) is 51.3. The Morgan fingerprint density at radius 3 is 2.06 bits per heavy atom. The van der Waals surface area contributed by atoms with Crippen molar-refractivity contribution in [2.75, 3.05) is 13.6 Å². The molecule has 0 aromatic rings. The number of nitrogens with zero attached hydrogens (tertiary/aromatic N) is 1. The van der Waals surface area contributed by atoms with Crippen LogP contribution in [0.15, 0.2) is 41.4 Å². The number of ether oxygens (including phenoxy) is 2. The van der Waals surface area contributed by atoms with E-state index < -0.39 is 115 Å². The summed E-state index contributed by atoms with van der Waals surface area (Å²) in [7, 11) is 1.64. The molecule has 14 N–H and O–H groups in total. The quantitative estimate of drug-likeness (QED) is 0.0466. The van der Waals surface area contributed by atoms with Gasteiger partial charge < -0.3 is 76.7 Å². The van der Waals surface area contributed by atoms with E-state index in [4.69, 9.17) is 15.2 Å². The number of unbranched alkanes of at least 4 members (excludes halogenated alkanes) is 2. The molecule has 0 saturated carbocycles. The molecule has 2 heterocycles. The smallest absolute Gasteiger partial charge is 0.330 e. The summed E-state index contributed by atoms with van der Waals surface area (Å²) in [4.78, 5) is 17.3. The number of aliphatic hydroxyl groups excluding tert-OH is 10. The molecule has 0 aliphatic carbocycles. The maximum Gasteiger partial charge on any atom is 0.330 e. The Morgan fingerprint density at radius 2 is 1.40 bits per heavy atom. The summed E-state index contributed by atoms with van der Waals surface area (Å²) in [5.74, 6) is -5.26. The summed E-state index contributed by atoms with van der Waals surface area (Å²) >= 11 is 0. The van der Waals surface area contributed by atoms with Gasteiger partial charge in [0.25, 0.3) is 0 Å². The second-order valence-corrected chi connectivity index (χ2v) is 20.6. The van der Waals surface area contributed by atoms with Gasteiger partial charge in [0.2, 0.25) is 0 Å². The number of fused-ring (bicyclic) bond motifs is 2. The van der Waals surface area contributed by atoms with Gasteiger partial charge in [-0.3, -0.25) is 4.99 Å². The van der Waals surface area contributed by atoms with Gasteiger partial charge in [0, 0.05) is 62.6 Å². The van der Waals surface area contributed by atoms with Crippen molar-refractivity contribution in [1.29, 1.82) is 0 Å². The van der Waals surface area contributed by atoms with Crippen LogP contribution in [0.5, 0.6) is 0 Å². The second-order valence-electron chi connectivity index (χ2n) is 20.6. The van der Waals surface area contributed by atoms with Crippen LogP contribution < -0.4 is 11.1 Å². The van der Waals surface area contributed by atoms with Gasteiger partial charge >= 0.3 is 5.97 Å². The summed E-state index contributed by atoms with van der Waals surface area (Å²) in [6, 6.07) is 0. The normalized spacial score (nSPS) is 39.8. The van der Waals surface area contributed by atoms with Crippen molar-refractivity contribution in [3.05, 3.63) is 36.5 Å². The van der Waals surface area contributed by atoms with Gasteiger partial charge in [0.1, 0.15) is 12.2 Å². The van der Waals surface area contributed by atoms with Crippen molar-refractivity contribution < 1.29 is 70.4 Å². The molecule has 2 aliphatic heterocycles. The van der Waals surface area contributed by atoms with E-state index in [0.29, 0.717) is 11.9 Å². The van der Waals surface area contributed by atoms with Crippen molar-refractivity contribution in [2.24, 2.45) is 52.2 Å². The van der Waals surface area contributed by atoms with E-state index in [1.807, 2.05) is 13.8 Å². The monoisotopic (exact) mass is 972 g/mol. The van der Waals surface area contributed by atoms with E-state index in [1.54, 1.807) is 46.9 Å². The van der Waals surface area contributed by atoms with Crippen LogP contribution in [0.25, 0.3) is 0 Å². The number of allylic oxidation sites excluding steroid dienone is 2. The van der Waals surface area contributed by atoms with Crippen LogP contribution in [0, 0.1) is 41.4 Å². The zero-order valence-corrected chi connectivity index (χ0v) is 42.2. The van der Waals surface area contributed by atoms with Crippen LogP contribution in [0.2, 0.25) is 0 Å². The van der Waals surface area contributed by atoms with Gasteiger partial charge in [-0.2, -0.15) is 0 Å². The molecular formula is C51H93N3O14. The van der Waals surface area contributed by atoms with Crippen molar-refractivity contribution >= 4 is 11.9 Å². The van der Waals surface area contributed by atoms with E-state index >= 15 is 0 Å². The summed E-state index contributed by atoms with van der Waals surface area (Å²) in [5.41, 5.74) is 5.67. The highest BCUT2D eigenvalue weighted by Crippen LogP contribution is 2.36. The number of nitrogens with one attached hydrogen (secondary N) is 1. The third-order valence-corrected chi connectivity index (χ3v) is 14.4. The number of rotatable bonds is 11. The molecule has 1 saturated heterocycles. The molecule has 17 nitrogen and oxygen atoms in total. The molecule has 17 heteroatoms. The molecule has 20 unspecified atom stereocenters. The molecule has 396 valence electrons. The third-order valence-electron chi connectivity index (χ3n) is 14.4. The van der Waals surface area contributed by atoms with Gasteiger partial charge in [0.15, 0.2) is 11.7 Å². The number of hydrogen-bond acceptors (Lipinski definition) is 15. The maximum absolute atomic E-state index is 13.4. The first kappa shape index (κ1) is 61.6. The molecule has 0 aromatic heterocycles. The Kier molecular flexibility index (Phi) is 28.1. The molecular weight excluding hydrogens is 879 g/mol. The number of aliphatic imine (C=N–C) groups is 1. The average molecular weight is 972 g/mol. The highest BCUT2D eigenvalue weighted by Gasteiger charge is 2.50. The first-order chi connectivity index (χ1) is 31.9. The van der Waals surface area contributed by atoms with Gasteiger partial charge in [0.05, 0.1) is 61.0 Å². The predicted octanol–water partition coefficient (Wildman–Crippen LogP) is 2.73.